The van der Waals surface area contributed by atoms with Crippen molar-refractivity contribution in [2.75, 3.05) is 13.1 Å². The molecule has 4 aromatic rings. The molecule has 3 heterocycles. The van der Waals surface area contributed by atoms with Crippen LogP contribution >= 0.6 is 0 Å². The molecule has 1 saturated heterocycles. The molecule has 6 rings (SSSR count). The van der Waals surface area contributed by atoms with Gasteiger partial charge in [-0.3, -0.25) is 9.36 Å². The third-order valence-corrected chi connectivity index (χ3v) is 7.33. The van der Waals surface area contributed by atoms with Crippen LogP contribution in [0.25, 0.3) is 33.5 Å². The predicted octanol–water partition coefficient (Wildman–Crippen LogP) is 3.92. The summed E-state index contributed by atoms with van der Waals surface area (Å²) < 4.78 is 7.13. The lowest BCUT2D eigenvalue weighted by Gasteiger charge is -2.16. The summed E-state index contributed by atoms with van der Waals surface area (Å²) >= 11 is 0. The van der Waals surface area contributed by atoms with Crippen molar-refractivity contribution in [2.24, 2.45) is 11.8 Å². The summed E-state index contributed by atoms with van der Waals surface area (Å²) in [4.78, 5) is 38.3. The van der Waals surface area contributed by atoms with Crippen LogP contribution in [-0.4, -0.2) is 49.7 Å². The van der Waals surface area contributed by atoms with E-state index in [1.807, 2.05) is 41.3 Å². The Hall–Kier alpha value is -4.14. The smallest absolute Gasteiger partial charge is 0.372 e. The van der Waals surface area contributed by atoms with Crippen molar-refractivity contribution in [1.82, 2.24) is 19.7 Å². The first-order valence-corrected chi connectivity index (χ1v) is 12.2. The fourth-order valence-corrected chi connectivity index (χ4v) is 5.15. The van der Waals surface area contributed by atoms with Crippen molar-refractivity contribution in [3.8, 4) is 22.5 Å². The Morgan fingerprint density at radius 2 is 1.81 bits per heavy atom. The number of hydrogen-bond donors (Lipinski definition) is 2. The van der Waals surface area contributed by atoms with E-state index < -0.39 is 5.97 Å². The number of H-pyrrole nitrogens is 1. The number of aromatic amines is 1. The Bertz CT molecular complexity index is 1540. The molecule has 2 aliphatic rings. The highest BCUT2D eigenvalue weighted by Gasteiger charge is 2.36. The summed E-state index contributed by atoms with van der Waals surface area (Å²) in [5.41, 5.74) is 3.58. The van der Waals surface area contributed by atoms with E-state index in [0.29, 0.717) is 30.1 Å². The van der Waals surface area contributed by atoms with Crippen molar-refractivity contribution in [3.05, 3.63) is 64.3 Å². The number of carbonyl (C=O) groups excluding carboxylic acids is 1. The summed E-state index contributed by atoms with van der Waals surface area (Å²) in [6, 6.07) is 13.4. The van der Waals surface area contributed by atoms with Gasteiger partial charge in [0.15, 0.2) is 5.82 Å². The van der Waals surface area contributed by atoms with Crippen LogP contribution in [0.1, 0.15) is 35.4 Å². The average molecular weight is 487 g/mol. The first-order valence-electron chi connectivity index (χ1n) is 12.2. The van der Waals surface area contributed by atoms with Crippen LogP contribution in [0, 0.1) is 18.8 Å². The molecule has 1 atom stereocenters. The Morgan fingerprint density at radius 3 is 2.53 bits per heavy atom. The van der Waals surface area contributed by atoms with Crippen molar-refractivity contribution in [2.45, 2.75) is 32.7 Å². The first kappa shape index (κ1) is 22.3. The second kappa shape index (κ2) is 8.51. The lowest BCUT2D eigenvalue weighted by atomic mass is 10.0. The molecule has 2 aromatic carbocycles. The van der Waals surface area contributed by atoms with Gasteiger partial charge in [-0.25, -0.2) is 14.7 Å². The molecule has 1 saturated carbocycles. The van der Waals surface area contributed by atoms with Gasteiger partial charge in [0.2, 0.25) is 11.7 Å². The number of carboxylic acids is 1. The zero-order chi connectivity index (χ0) is 25.0. The number of hydrogen-bond acceptors (Lipinski definition) is 5. The number of nitrogens with zero attached hydrogens (tertiary/aromatic N) is 3. The summed E-state index contributed by atoms with van der Waals surface area (Å²) in [7, 11) is 0. The third-order valence-electron chi connectivity index (χ3n) is 7.33. The normalized spacial score (nSPS) is 17.7. The minimum Gasteiger partial charge on any atom is -0.475 e. The van der Waals surface area contributed by atoms with Crippen LogP contribution in [0.2, 0.25) is 0 Å². The number of aryl methyl sites for hydroxylation is 1. The molecule has 1 aliphatic heterocycles. The van der Waals surface area contributed by atoms with Crippen LogP contribution in [0.5, 0.6) is 0 Å². The number of furan rings is 1. The number of carbonyl (C=O) groups is 2. The third kappa shape index (κ3) is 3.90. The van der Waals surface area contributed by atoms with E-state index in [1.54, 1.807) is 17.6 Å². The first-order chi connectivity index (χ1) is 17.4. The number of likely N-dealkylation sites (tertiary alicyclic amines) is 1. The molecule has 1 amide bonds. The molecule has 0 bridgehead atoms. The van der Waals surface area contributed by atoms with Crippen LogP contribution in [0.3, 0.4) is 0 Å². The summed E-state index contributed by atoms with van der Waals surface area (Å²) in [6.45, 7) is 3.70. The quantitative estimate of drug-likeness (QED) is 0.426. The summed E-state index contributed by atoms with van der Waals surface area (Å²) in [5, 5.41) is 16.9. The van der Waals surface area contributed by atoms with E-state index >= 15 is 0 Å². The fourth-order valence-electron chi connectivity index (χ4n) is 5.15. The molecule has 2 N–H and O–H groups in total. The maximum Gasteiger partial charge on any atom is 0.372 e. The molecule has 2 fully saturated rings. The average Bonchev–Trinajstić information content (AvgIpc) is 3.39. The Morgan fingerprint density at radius 1 is 1.08 bits per heavy atom. The van der Waals surface area contributed by atoms with Gasteiger partial charge in [-0.1, -0.05) is 30.3 Å². The molecule has 9 heteroatoms. The summed E-state index contributed by atoms with van der Waals surface area (Å²) in [5.74, 6) is 0.144. The molecule has 9 nitrogen and oxygen atoms in total. The van der Waals surface area contributed by atoms with E-state index in [9.17, 15) is 19.5 Å². The highest BCUT2D eigenvalue weighted by Crippen LogP contribution is 2.34. The number of aromatic nitrogens is 3. The number of amides is 1. The fraction of sp³-hybridized carbons (Fsp3) is 0.333. The number of rotatable bonds is 6. The van der Waals surface area contributed by atoms with E-state index in [1.165, 1.54) is 0 Å². The van der Waals surface area contributed by atoms with Crippen molar-refractivity contribution in [3.63, 3.8) is 0 Å². The van der Waals surface area contributed by atoms with E-state index in [2.05, 4.69) is 10.2 Å². The van der Waals surface area contributed by atoms with E-state index in [-0.39, 0.29) is 29.2 Å². The van der Waals surface area contributed by atoms with Gasteiger partial charge in [-0.2, -0.15) is 5.10 Å². The number of carboxylic acid groups (broad SMARTS) is 1. The maximum absolute atomic E-state index is 12.5. The molecule has 1 unspecified atom stereocenters. The number of fused-ring (bicyclic) bond motifs is 1. The van der Waals surface area contributed by atoms with Crippen molar-refractivity contribution in [1.29, 1.82) is 0 Å². The zero-order valence-corrected chi connectivity index (χ0v) is 19.9. The van der Waals surface area contributed by atoms with Crippen LogP contribution in [-0.2, 0) is 11.3 Å². The molecule has 36 heavy (non-hydrogen) atoms. The van der Waals surface area contributed by atoms with Crippen molar-refractivity contribution < 1.29 is 19.1 Å². The molecule has 2 aromatic heterocycles. The van der Waals surface area contributed by atoms with Gasteiger partial charge in [-0.05, 0) is 55.4 Å². The minimum atomic E-state index is -1.08. The maximum atomic E-state index is 12.5. The molecule has 184 valence electrons. The van der Waals surface area contributed by atoms with Gasteiger partial charge in [0.25, 0.3) is 0 Å². The molecule has 0 spiro atoms. The Balaban J connectivity index is 1.23. The molecule has 0 radical (unpaired) electrons. The van der Waals surface area contributed by atoms with Gasteiger partial charge < -0.3 is 14.4 Å². The Labute approximate surface area is 206 Å². The van der Waals surface area contributed by atoms with Gasteiger partial charge in [0, 0.05) is 42.1 Å². The molecular weight excluding hydrogens is 460 g/mol. The van der Waals surface area contributed by atoms with Crippen molar-refractivity contribution >= 4 is 22.8 Å². The van der Waals surface area contributed by atoms with E-state index in [4.69, 9.17) is 4.42 Å². The number of aromatic carboxylic acids is 1. The van der Waals surface area contributed by atoms with E-state index in [0.717, 1.165) is 47.9 Å². The predicted molar refractivity (Wildman–Crippen MR) is 133 cm³/mol. The topological polar surface area (TPSA) is 121 Å². The second-order valence-electron chi connectivity index (χ2n) is 9.83. The van der Waals surface area contributed by atoms with Gasteiger partial charge in [-0.15, -0.1) is 0 Å². The van der Waals surface area contributed by atoms with Crippen LogP contribution < -0.4 is 5.69 Å². The Kier molecular flexibility index (Phi) is 5.28. The van der Waals surface area contributed by atoms with Crippen LogP contribution in [0.15, 0.2) is 51.7 Å². The van der Waals surface area contributed by atoms with Gasteiger partial charge in [0.05, 0.1) is 0 Å². The SMILES string of the molecule is Cc1c(C(=O)O)oc2ccc(-c3ccc(-c4n[nH]c(=O)n4CC4CCN(C(=O)C5CC5)C4)cc3)cc12. The zero-order valence-electron chi connectivity index (χ0n) is 19.9. The lowest BCUT2D eigenvalue weighted by molar-refractivity contribution is -0.131. The minimum absolute atomic E-state index is 0.0451. The monoisotopic (exact) mass is 486 g/mol. The lowest BCUT2D eigenvalue weighted by Crippen LogP contribution is -2.31. The molecule has 1 aliphatic carbocycles. The highest BCUT2D eigenvalue weighted by molar-refractivity contribution is 5.96. The highest BCUT2D eigenvalue weighted by atomic mass is 16.4. The number of nitrogens with one attached hydrogen (secondary N) is 1. The number of benzene rings is 2. The standard InChI is InChI=1S/C27H26N4O5/c1-15-21-12-20(8-9-22(21)36-23(15)26(33)34)17-2-4-18(5-3-17)24-28-29-27(35)31(24)14-16-10-11-30(13-16)25(32)19-6-7-19/h2-5,8-9,12,16,19H,6-7,10-11,13-14H2,1H3,(H,29,35)(H,33,34). The summed E-state index contributed by atoms with van der Waals surface area (Å²) in [6.07, 6.45) is 2.88. The second-order valence-corrected chi connectivity index (χ2v) is 9.83. The molecular formula is C27H26N4O5. The largest absolute Gasteiger partial charge is 0.475 e. The van der Waals surface area contributed by atoms with Gasteiger partial charge in [0.1, 0.15) is 5.58 Å². The van der Waals surface area contributed by atoms with Crippen LogP contribution in [0.4, 0.5) is 0 Å². The van der Waals surface area contributed by atoms with Gasteiger partial charge >= 0.3 is 11.7 Å².